The summed E-state index contributed by atoms with van der Waals surface area (Å²) < 4.78 is 36.5. The maximum absolute atomic E-state index is 12.2. The molecule has 0 aromatic heterocycles. The lowest BCUT2D eigenvalue weighted by molar-refractivity contribution is -0.160. The summed E-state index contributed by atoms with van der Waals surface area (Å²) in [5, 5.41) is 13.0. The first-order valence-electron chi connectivity index (χ1n) is 6.70. The highest BCUT2D eigenvalue weighted by atomic mass is 19.4. The number of alkyl halides is 3. The smallest absolute Gasteiger partial charge is 0.391 e. The standard InChI is InChI=1S/C13H21F3N2O4/c1-12(2,3)11(22)17-6-4-5-9(19)18-8(10(20)21)7-13(14,15)16/h8H,4-7H2,1-3H3,(H,17,22)(H,18,19)(H,20,21). The molecule has 9 heteroatoms. The first-order chi connectivity index (χ1) is 9.83. The normalized spacial score (nSPS) is 13.4. The summed E-state index contributed by atoms with van der Waals surface area (Å²) in [7, 11) is 0. The molecule has 2 amide bonds. The first kappa shape index (κ1) is 20.2. The Morgan fingerprint density at radius 3 is 2.09 bits per heavy atom. The van der Waals surface area contributed by atoms with E-state index in [9.17, 15) is 27.6 Å². The molecule has 22 heavy (non-hydrogen) atoms. The molecular weight excluding hydrogens is 305 g/mol. The molecule has 0 heterocycles. The van der Waals surface area contributed by atoms with Gasteiger partial charge in [-0.2, -0.15) is 13.2 Å². The van der Waals surface area contributed by atoms with Gasteiger partial charge in [-0.1, -0.05) is 20.8 Å². The molecule has 0 radical (unpaired) electrons. The highest BCUT2D eigenvalue weighted by Crippen LogP contribution is 2.21. The first-order valence-corrected chi connectivity index (χ1v) is 6.70. The zero-order valence-corrected chi connectivity index (χ0v) is 12.7. The number of carbonyl (C=O) groups is 3. The third kappa shape index (κ3) is 9.19. The molecule has 0 bridgehead atoms. The minimum Gasteiger partial charge on any atom is -0.480 e. The monoisotopic (exact) mass is 326 g/mol. The SMILES string of the molecule is CC(C)(C)C(=O)NCCCC(=O)NC(CC(F)(F)F)C(=O)O. The van der Waals surface area contributed by atoms with Crippen LogP contribution < -0.4 is 10.6 Å². The van der Waals surface area contributed by atoms with Crippen LogP contribution in [-0.4, -0.2) is 41.7 Å². The Bertz CT molecular complexity index is 416. The molecule has 1 atom stereocenters. The lowest BCUT2D eigenvalue weighted by atomic mass is 9.96. The van der Waals surface area contributed by atoms with Gasteiger partial charge in [0.25, 0.3) is 0 Å². The van der Waals surface area contributed by atoms with Gasteiger partial charge < -0.3 is 15.7 Å². The van der Waals surface area contributed by atoms with E-state index in [4.69, 9.17) is 5.11 Å². The topological polar surface area (TPSA) is 95.5 Å². The molecule has 0 spiro atoms. The highest BCUT2D eigenvalue weighted by molar-refractivity contribution is 5.83. The van der Waals surface area contributed by atoms with E-state index in [-0.39, 0.29) is 25.3 Å². The lowest BCUT2D eigenvalue weighted by Crippen LogP contribution is -2.43. The average Bonchev–Trinajstić information content (AvgIpc) is 2.30. The van der Waals surface area contributed by atoms with Gasteiger partial charge in [-0.15, -0.1) is 0 Å². The van der Waals surface area contributed by atoms with Crippen LogP contribution in [0.3, 0.4) is 0 Å². The minimum absolute atomic E-state index is 0.175. The van der Waals surface area contributed by atoms with Crippen molar-refractivity contribution in [2.75, 3.05) is 6.54 Å². The number of hydrogen-bond donors (Lipinski definition) is 3. The van der Waals surface area contributed by atoms with Gasteiger partial charge in [0, 0.05) is 18.4 Å². The molecule has 3 N–H and O–H groups in total. The summed E-state index contributed by atoms with van der Waals surface area (Å²) >= 11 is 0. The molecule has 0 aromatic rings. The van der Waals surface area contributed by atoms with Crippen LogP contribution in [0.15, 0.2) is 0 Å². The van der Waals surface area contributed by atoms with Crippen molar-refractivity contribution in [1.82, 2.24) is 10.6 Å². The van der Waals surface area contributed by atoms with Gasteiger partial charge >= 0.3 is 12.1 Å². The quantitative estimate of drug-likeness (QED) is 0.617. The Labute approximate surface area is 126 Å². The van der Waals surface area contributed by atoms with Gasteiger partial charge in [0.15, 0.2) is 0 Å². The van der Waals surface area contributed by atoms with Gasteiger partial charge in [-0.05, 0) is 6.42 Å². The largest absolute Gasteiger partial charge is 0.480 e. The van der Waals surface area contributed by atoms with Crippen LogP contribution >= 0.6 is 0 Å². The van der Waals surface area contributed by atoms with Crippen LogP contribution in [0.5, 0.6) is 0 Å². The average molecular weight is 326 g/mol. The summed E-state index contributed by atoms with van der Waals surface area (Å²) in [4.78, 5) is 33.6. The Morgan fingerprint density at radius 1 is 1.14 bits per heavy atom. The Morgan fingerprint density at radius 2 is 1.68 bits per heavy atom. The van der Waals surface area contributed by atoms with Gasteiger partial charge in [-0.3, -0.25) is 9.59 Å². The van der Waals surface area contributed by atoms with E-state index >= 15 is 0 Å². The summed E-state index contributed by atoms with van der Waals surface area (Å²) in [5.74, 6) is -2.76. The van der Waals surface area contributed by atoms with Crippen LogP contribution in [0.25, 0.3) is 0 Å². The summed E-state index contributed by atoms with van der Waals surface area (Å²) in [6.45, 7) is 5.32. The third-order valence-electron chi connectivity index (χ3n) is 2.62. The zero-order valence-electron chi connectivity index (χ0n) is 12.7. The summed E-state index contributed by atoms with van der Waals surface area (Å²) in [6, 6.07) is -2.00. The van der Waals surface area contributed by atoms with Gasteiger partial charge in [0.2, 0.25) is 11.8 Å². The van der Waals surface area contributed by atoms with Crippen molar-refractivity contribution in [3.05, 3.63) is 0 Å². The molecule has 0 aliphatic carbocycles. The number of carbonyl (C=O) groups excluding carboxylic acids is 2. The Kier molecular flexibility index (Phi) is 7.34. The van der Waals surface area contributed by atoms with Crippen LogP contribution in [0, 0.1) is 5.41 Å². The third-order valence-corrected chi connectivity index (χ3v) is 2.62. The van der Waals surface area contributed by atoms with E-state index in [1.807, 2.05) is 5.32 Å². The molecule has 0 aliphatic heterocycles. The van der Waals surface area contributed by atoms with E-state index in [0.29, 0.717) is 0 Å². The molecule has 0 fully saturated rings. The molecule has 1 unspecified atom stereocenters. The number of nitrogens with one attached hydrogen (secondary N) is 2. The van der Waals surface area contributed by atoms with Gasteiger partial charge in [-0.25, -0.2) is 4.79 Å². The Balaban J connectivity index is 4.17. The molecule has 0 rings (SSSR count). The fraction of sp³-hybridized carbons (Fsp3) is 0.769. The van der Waals surface area contributed by atoms with Crippen LogP contribution in [-0.2, 0) is 14.4 Å². The molecular formula is C13H21F3N2O4. The van der Waals surface area contributed by atoms with E-state index in [1.165, 1.54) is 0 Å². The highest BCUT2D eigenvalue weighted by Gasteiger charge is 2.36. The van der Waals surface area contributed by atoms with E-state index < -0.39 is 35.9 Å². The second-order valence-electron chi connectivity index (χ2n) is 5.89. The molecule has 6 nitrogen and oxygen atoms in total. The summed E-state index contributed by atoms with van der Waals surface area (Å²) in [6.07, 6.45) is -6.29. The van der Waals surface area contributed by atoms with Crippen molar-refractivity contribution in [3.63, 3.8) is 0 Å². The van der Waals surface area contributed by atoms with Crippen molar-refractivity contribution in [2.24, 2.45) is 5.41 Å². The van der Waals surface area contributed by atoms with E-state index in [0.717, 1.165) is 0 Å². The number of rotatable bonds is 7. The zero-order chi connectivity index (χ0) is 17.6. The second-order valence-corrected chi connectivity index (χ2v) is 5.89. The predicted molar refractivity (Wildman–Crippen MR) is 71.9 cm³/mol. The van der Waals surface area contributed by atoms with Crippen LogP contribution in [0.2, 0.25) is 0 Å². The van der Waals surface area contributed by atoms with Gasteiger partial charge in [0.05, 0.1) is 6.42 Å². The second kappa shape index (κ2) is 8.00. The molecule has 0 aliphatic rings. The number of carboxylic acids is 1. The molecule has 0 saturated heterocycles. The number of aliphatic carboxylic acids is 1. The predicted octanol–water partition coefficient (Wildman–Crippen LogP) is 1.45. The number of halogens is 3. The number of carboxylic acid groups (broad SMARTS) is 1. The molecule has 0 aromatic carbocycles. The van der Waals surface area contributed by atoms with Gasteiger partial charge in [0.1, 0.15) is 6.04 Å². The maximum atomic E-state index is 12.2. The number of amides is 2. The van der Waals surface area contributed by atoms with E-state index in [1.54, 1.807) is 20.8 Å². The van der Waals surface area contributed by atoms with E-state index in [2.05, 4.69) is 5.32 Å². The van der Waals surface area contributed by atoms with Crippen molar-refractivity contribution in [3.8, 4) is 0 Å². The molecule has 128 valence electrons. The fourth-order valence-electron chi connectivity index (χ4n) is 1.41. The minimum atomic E-state index is -4.68. The molecule has 0 saturated carbocycles. The van der Waals surface area contributed by atoms with Crippen molar-refractivity contribution in [2.45, 2.75) is 52.3 Å². The fourth-order valence-corrected chi connectivity index (χ4v) is 1.41. The Hall–Kier alpha value is -1.80. The van der Waals surface area contributed by atoms with Crippen molar-refractivity contribution >= 4 is 17.8 Å². The van der Waals surface area contributed by atoms with Crippen LogP contribution in [0.1, 0.15) is 40.0 Å². The lowest BCUT2D eigenvalue weighted by Gasteiger charge is -2.18. The van der Waals surface area contributed by atoms with Crippen molar-refractivity contribution in [1.29, 1.82) is 0 Å². The number of hydrogen-bond acceptors (Lipinski definition) is 3. The van der Waals surface area contributed by atoms with Crippen LogP contribution in [0.4, 0.5) is 13.2 Å². The van der Waals surface area contributed by atoms with Crippen molar-refractivity contribution < 1.29 is 32.7 Å². The summed E-state index contributed by atoms with van der Waals surface area (Å²) in [5.41, 5.74) is -0.580. The maximum Gasteiger partial charge on any atom is 0.391 e.